The van der Waals surface area contributed by atoms with Crippen LogP contribution in [0.2, 0.25) is 0 Å². The van der Waals surface area contributed by atoms with Gasteiger partial charge in [0, 0.05) is 6.42 Å². The maximum absolute atomic E-state index is 13.3. The predicted molar refractivity (Wildman–Crippen MR) is 50.1 cm³/mol. The molecule has 0 spiro atoms. The summed E-state index contributed by atoms with van der Waals surface area (Å²) in [6.45, 7) is 1.39. The summed E-state index contributed by atoms with van der Waals surface area (Å²) in [6, 6.07) is 2.75. The molecule has 0 aliphatic carbocycles. The molecule has 0 radical (unpaired) electrons. The third-order valence-electron chi connectivity index (χ3n) is 1.58. The van der Waals surface area contributed by atoms with E-state index in [1.807, 2.05) is 0 Å². The lowest BCUT2D eigenvalue weighted by Crippen LogP contribution is -1.99. The van der Waals surface area contributed by atoms with Crippen molar-refractivity contribution < 1.29 is 14.3 Å². The molecule has 0 saturated heterocycles. The molecular weight excluding hydrogens is 239 g/mol. The van der Waals surface area contributed by atoms with E-state index in [0.717, 1.165) is 0 Å². The van der Waals surface area contributed by atoms with Gasteiger partial charge in [-0.2, -0.15) is 0 Å². The van der Waals surface area contributed by atoms with E-state index in [-0.39, 0.29) is 28.0 Å². The van der Waals surface area contributed by atoms with Gasteiger partial charge in [0.25, 0.3) is 0 Å². The number of carbonyl (C=O) groups excluding carboxylic acids is 1. The number of halogens is 2. The van der Waals surface area contributed by atoms with Gasteiger partial charge >= 0.3 is 0 Å². The zero-order valence-electron chi connectivity index (χ0n) is 6.97. The number of phenolic OH excluding ortho intramolecular Hbond substituents is 1. The highest BCUT2D eigenvalue weighted by Crippen LogP contribution is 2.28. The molecule has 1 aromatic rings. The normalized spacial score (nSPS) is 10.1. The van der Waals surface area contributed by atoms with Crippen LogP contribution in [-0.4, -0.2) is 10.9 Å². The number of carbonyl (C=O) groups is 1. The molecule has 0 atom stereocenters. The fraction of sp³-hybridized carbons (Fsp3) is 0.222. The van der Waals surface area contributed by atoms with Crippen molar-refractivity contribution >= 4 is 21.7 Å². The van der Waals surface area contributed by atoms with Crippen molar-refractivity contribution in [3.8, 4) is 5.75 Å². The van der Waals surface area contributed by atoms with E-state index in [0.29, 0.717) is 0 Å². The van der Waals surface area contributed by atoms with Crippen molar-refractivity contribution in [2.45, 2.75) is 13.3 Å². The monoisotopic (exact) mass is 246 g/mol. The van der Waals surface area contributed by atoms with Crippen LogP contribution in [0.3, 0.4) is 0 Å². The lowest BCUT2D eigenvalue weighted by atomic mass is 10.1. The van der Waals surface area contributed by atoms with Crippen molar-refractivity contribution in [3.05, 3.63) is 28.0 Å². The molecule has 1 aromatic carbocycles. The van der Waals surface area contributed by atoms with Gasteiger partial charge in [0.15, 0.2) is 0 Å². The first-order valence-electron chi connectivity index (χ1n) is 3.67. The molecule has 0 bridgehead atoms. The molecule has 4 heteroatoms. The van der Waals surface area contributed by atoms with E-state index in [4.69, 9.17) is 5.11 Å². The van der Waals surface area contributed by atoms with Crippen LogP contribution in [0.5, 0.6) is 5.75 Å². The number of phenols is 1. The summed E-state index contributed by atoms with van der Waals surface area (Å²) in [5, 5.41) is 9.09. The van der Waals surface area contributed by atoms with Gasteiger partial charge < -0.3 is 5.11 Å². The molecule has 70 valence electrons. The van der Waals surface area contributed by atoms with Crippen molar-refractivity contribution in [2.75, 3.05) is 0 Å². The highest BCUT2D eigenvalue weighted by molar-refractivity contribution is 9.10. The summed E-state index contributed by atoms with van der Waals surface area (Å²) in [4.78, 5) is 10.7. The van der Waals surface area contributed by atoms with Crippen LogP contribution < -0.4 is 0 Å². The Balaban J connectivity index is 3.10. The van der Waals surface area contributed by atoms with E-state index in [2.05, 4.69) is 15.9 Å². The van der Waals surface area contributed by atoms with E-state index in [1.54, 1.807) is 0 Å². The maximum atomic E-state index is 13.3. The molecule has 0 heterocycles. The Kier molecular flexibility index (Phi) is 3.03. The molecule has 13 heavy (non-hydrogen) atoms. The van der Waals surface area contributed by atoms with Crippen LogP contribution in [0.1, 0.15) is 12.5 Å². The topological polar surface area (TPSA) is 37.3 Å². The summed E-state index contributed by atoms with van der Waals surface area (Å²) in [6.07, 6.45) is 0.0463. The van der Waals surface area contributed by atoms with E-state index in [9.17, 15) is 9.18 Å². The zero-order chi connectivity index (χ0) is 10.0. The molecule has 0 aliphatic rings. The summed E-state index contributed by atoms with van der Waals surface area (Å²) in [5.74, 6) is -0.850. The standard InChI is InChI=1S/C9H8BrFO2/c1-5(12)4-6-2-3-7(13)8(10)9(6)11/h2-3,13H,4H2,1H3. The number of ketones is 1. The summed E-state index contributed by atoms with van der Waals surface area (Å²) >= 11 is 2.88. The molecule has 0 aromatic heterocycles. The summed E-state index contributed by atoms with van der Waals surface area (Å²) in [7, 11) is 0. The quantitative estimate of drug-likeness (QED) is 0.871. The Morgan fingerprint density at radius 2 is 2.23 bits per heavy atom. The Hall–Kier alpha value is -0.900. The molecule has 0 saturated carbocycles. The highest BCUT2D eigenvalue weighted by Gasteiger charge is 2.11. The lowest BCUT2D eigenvalue weighted by Gasteiger charge is -2.03. The largest absolute Gasteiger partial charge is 0.507 e. The van der Waals surface area contributed by atoms with E-state index >= 15 is 0 Å². The molecule has 0 amide bonds. The van der Waals surface area contributed by atoms with Gasteiger partial charge in [0.1, 0.15) is 17.3 Å². The van der Waals surface area contributed by atoms with Crippen molar-refractivity contribution in [2.24, 2.45) is 0 Å². The molecule has 2 nitrogen and oxygen atoms in total. The molecule has 0 fully saturated rings. The SMILES string of the molecule is CC(=O)Cc1ccc(O)c(Br)c1F. The van der Waals surface area contributed by atoms with Gasteiger partial charge in [-0.3, -0.25) is 4.79 Å². The fourth-order valence-corrected chi connectivity index (χ4v) is 1.37. The summed E-state index contributed by atoms with van der Waals surface area (Å²) in [5.41, 5.74) is 0.289. The van der Waals surface area contributed by atoms with Gasteiger partial charge in [0.2, 0.25) is 0 Å². The van der Waals surface area contributed by atoms with Crippen molar-refractivity contribution in [3.63, 3.8) is 0 Å². The number of Topliss-reactive ketones (excluding diaryl/α,β-unsaturated/α-hetero) is 1. The van der Waals surface area contributed by atoms with Crippen LogP contribution >= 0.6 is 15.9 Å². The van der Waals surface area contributed by atoms with Gasteiger partial charge in [-0.05, 0) is 34.5 Å². The number of benzene rings is 1. The second-order valence-electron chi connectivity index (χ2n) is 2.75. The van der Waals surface area contributed by atoms with Crippen LogP contribution in [0.15, 0.2) is 16.6 Å². The average Bonchev–Trinajstić information content (AvgIpc) is 2.06. The Bertz CT molecular complexity index is 350. The molecule has 1 rings (SSSR count). The Morgan fingerprint density at radius 1 is 1.62 bits per heavy atom. The molecule has 0 aliphatic heterocycles. The van der Waals surface area contributed by atoms with E-state index in [1.165, 1.54) is 19.1 Å². The first-order chi connectivity index (χ1) is 6.02. The fourth-order valence-electron chi connectivity index (χ4n) is 0.984. The first-order valence-corrected chi connectivity index (χ1v) is 4.47. The second-order valence-corrected chi connectivity index (χ2v) is 3.54. The minimum atomic E-state index is -0.574. The van der Waals surface area contributed by atoms with Gasteiger partial charge in [-0.25, -0.2) is 4.39 Å². The Morgan fingerprint density at radius 3 is 2.77 bits per heavy atom. The van der Waals surface area contributed by atoms with Gasteiger partial charge in [-0.15, -0.1) is 0 Å². The van der Waals surface area contributed by atoms with Crippen LogP contribution in [0.4, 0.5) is 4.39 Å². The Labute approximate surface area is 83.5 Å². The first kappa shape index (κ1) is 10.2. The lowest BCUT2D eigenvalue weighted by molar-refractivity contribution is -0.116. The van der Waals surface area contributed by atoms with Gasteiger partial charge in [-0.1, -0.05) is 6.07 Å². The average molecular weight is 247 g/mol. The summed E-state index contributed by atoms with van der Waals surface area (Å²) < 4.78 is 13.3. The number of rotatable bonds is 2. The van der Waals surface area contributed by atoms with E-state index < -0.39 is 5.82 Å². The number of hydrogen-bond donors (Lipinski definition) is 1. The molecular formula is C9H8BrFO2. The minimum Gasteiger partial charge on any atom is -0.507 e. The predicted octanol–water partition coefficient (Wildman–Crippen LogP) is 2.43. The second kappa shape index (κ2) is 3.87. The van der Waals surface area contributed by atoms with Gasteiger partial charge in [0.05, 0.1) is 4.47 Å². The van der Waals surface area contributed by atoms with Crippen LogP contribution in [-0.2, 0) is 11.2 Å². The minimum absolute atomic E-state index is 0.00579. The van der Waals surface area contributed by atoms with Crippen molar-refractivity contribution in [1.29, 1.82) is 0 Å². The smallest absolute Gasteiger partial charge is 0.144 e. The number of hydrogen-bond acceptors (Lipinski definition) is 2. The maximum Gasteiger partial charge on any atom is 0.144 e. The third kappa shape index (κ3) is 2.28. The number of aromatic hydroxyl groups is 1. The zero-order valence-corrected chi connectivity index (χ0v) is 8.56. The third-order valence-corrected chi connectivity index (χ3v) is 2.34. The van der Waals surface area contributed by atoms with Crippen LogP contribution in [0.25, 0.3) is 0 Å². The highest BCUT2D eigenvalue weighted by atomic mass is 79.9. The molecule has 0 unspecified atom stereocenters. The molecule has 1 N–H and O–H groups in total. The van der Waals surface area contributed by atoms with Crippen molar-refractivity contribution in [1.82, 2.24) is 0 Å². The van der Waals surface area contributed by atoms with Crippen LogP contribution in [0, 0.1) is 5.82 Å².